The van der Waals surface area contributed by atoms with Gasteiger partial charge in [-0.3, -0.25) is 4.98 Å². The van der Waals surface area contributed by atoms with Gasteiger partial charge in [0.25, 0.3) is 0 Å². The smallest absolute Gasteiger partial charge is 0.120 e. The van der Waals surface area contributed by atoms with Gasteiger partial charge >= 0.3 is 0 Å². The van der Waals surface area contributed by atoms with E-state index in [1.807, 2.05) is 42.5 Å². The summed E-state index contributed by atoms with van der Waals surface area (Å²) in [6.07, 6.45) is 2.55. The van der Waals surface area contributed by atoms with E-state index in [1.54, 1.807) is 18.3 Å². The zero-order valence-corrected chi connectivity index (χ0v) is 11.0. The highest BCUT2D eigenvalue weighted by Crippen LogP contribution is 2.19. The van der Waals surface area contributed by atoms with Crippen molar-refractivity contribution in [2.45, 2.75) is 6.42 Å². The molecule has 0 spiro atoms. The van der Waals surface area contributed by atoms with Gasteiger partial charge in [-0.15, -0.1) is 0 Å². The van der Waals surface area contributed by atoms with Gasteiger partial charge in [0.15, 0.2) is 0 Å². The zero-order chi connectivity index (χ0) is 13.8. The van der Waals surface area contributed by atoms with Crippen molar-refractivity contribution < 1.29 is 9.84 Å². The molecular formula is C17H15NO2. The number of rotatable bonds is 4. The lowest BCUT2D eigenvalue weighted by molar-refractivity contribution is 0.322. The molecule has 1 aromatic heterocycles. The van der Waals surface area contributed by atoms with Gasteiger partial charge < -0.3 is 9.84 Å². The maximum Gasteiger partial charge on any atom is 0.120 e. The van der Waals surface area contributed by atoms with Crippen molar-refractivity contribution in [2.24, 2.45) is 0 Å². The first-order valence-electron chi connectivity index (χ1n) is 6.57. The van der Waals surface area contributed by atoms with Gasteiger partial charge in [-0.2, -0.15) is 0 Å². The molecule has 1 heterocycles. The quantitative estimate of drug-likeness (QED) is 0.784. The second-order valence-electron chi connectivity index (χ2n) is 4.63. The van der Waals surface area contributed by atoms with E-state index < -0.39 is 0 Å². The predicted octanol–water partition coefficient (Wildman–Crippen LogP) is 3.56. The Morgan fingerprint density at radius 1 is 1.00 bits per heavy atom. The van der Waals surface area contributed by atoms with Crippen LogP contribution in [0.1, 0.15) is 5.56 Å². The standard InChI is InChI=1S/C17H15NO2/c19-15-5-1-3-13(11-15)8-10-20-16-6-7-17-14(12-16)4-2-9-18-17/h1-7,9,11-12,19H,8,10H2. The summed E-state index contributed by atoms with van der Waals surface area (Å²) in [7, 11) is 0. The molecule has 0 aliphatic heterocycles. The minimum Gasteiger partial charge on any atom is -0.508 e. The van der Waals surface area contributed by atoms with E-state index in [4.69, 9.17) is 4.74 Å². The van der Waals surface area contributed by atoms with Crippen LogP contribution in [0, 0.1) is 0 Å². The van der Waals surface area contributed by atoms with Crippen LogP contribution in [0.5, 0.6) is 11.5 Å². The number of benzene rings is 2. The number of hydrogen-bond acceptors (Lipinski definition) is 3. The molecule has 0 fully saturated rings. The van der Waals surface area contributed by atoms with Gasteiger partial charge in [0.1, 0.15) is 11.5 Å². The van der Waals surface area contributed by atoms with Gasteiger partial charge in [-0.1, -0.05) is 18.2 Å². The fourth-order valence-electron chi connectivity index (χ4n) is 2.14. The molecule has 0 saturated carbocycles. The van der Waals surface area contributed by atoms with Crippen LogP contribution in [0.25, 0.3) is 10.9 Å². The van der Waals surface area contributed by atoms with E-state index in [1.165, 1.54) is 0 Å². The molecular weight excluding hydrogens is 250 g/mol. The van der Waals surface area contributed by atoms with Crippen LogP contribution in [-0.2, 0) is 6.42 Å². The van der Waals surface area contributed by atoms with E-state index in [0.29, 0.717) is 12.4 Å². The summed E-state index contributed by atoms with van der Waals surface area (Å²) in [5, 5.41) is 10.5. The van der Waals surface area contributed by atoms with Crippen molar-refractivity contribution in [3.05, 3.63) is 66.4 Å². The maximum absolute atomic E-state index is 9.40. The number of phenols is 1. The lowest BCUT2D eigenvalue weighted by Gasteiger charge is -2.07. The highest BCUT2D eigenvalue weighted by atomic mass is 16.5. The molecule has 0 saturated heterocycles. The summed E-state index contributed by atoms with van der Waals surface area (Å²) in [5.41, 5.74) is 2.03. The Morgan fingerprint density at radius 3 is 2.85 bits per heavy atom. The molecule has 0 radical (unpaired) electrons. The number of aromatic nitrogens is 1. The van der Waals surface area contributed by atoms with Gasteiger partial charge in [0.05, 0.1) is 12.1 Å². The number of nitrogens with zero attached hydrogens (tertiary/aromatic N) is 1. The Kier molecular flexibility index (Phi) is 3.50. The van der Waals surface area contributed by atoms with Crippen LogP contribution in [0.15, 0.2) is 60.8 Å². The fourth-order valence-corrected chi connectivity index (χ4v) is 2.14. The molecule has 3 aromatic rings. The van der Waals surface area contributed by atoms with Gasteiger partial charge in [0, 0.05) is 18.0 Å². The third-order valence-corrected chi connectivity index (χ3v) is 3.14. The van der Waals surface area contributed by atoms with E-state index in [9.17, 15) is 5.11 Å². The molecule has 3 nitrogen and oxygen atoms in total. The van der Waals surface area contributed by atoms with Crippen LogP contribution < -0.4 is 4.74 Å². The van der Waals surface area contributed by atoms with Crippen LogP contribution in [0.3, 0.4) is 0 Å². The van der Waals surface area contributed by atoms with Crippen molar-refractivity contribution >= 4 is 10.9 Å². The molecule has 100 valence electrons. The molecule has 0 atom stereocenters. The van der Waals surface area contributed by atoms with Gasteiger partial charge in [0.2, 0.25) is 0 Å². The van der Waals surface area contributed by atoms with Crippen molar-refractivity contribution in [3.63, 3.8) is 0 Å². The van der Waals surface area contributed by atoms with Crippen LogP contribution >= 0.6 is 0 Å². The second-order valence-corrected chi connectivity index (χ2v) is 4.63. The Hall–Kier alpha value is -2.55. The number of phenolic OH excluding ortho intramolecular Hbond substituents is 1. The van der Waals surface area contributed by atoms with Crippen molar-refractivity contribution in [3.8, 4) is 11.5 Å². The summed E-state index contributed by atoms with van der Waals surface area (Å²) in [5.74, 6) is 1.13. The maximum atomic E-state index is 9.40. The largest absolute Gasteiger partial charge is 0.508 e. The van der Waals surface area contributed by atoms with E-state index in [-0.39, 0.29) is 0 Å². The van der Waals surface area contributed by atoms with Crippen molar-refractivity contribution in [2.75, 3.05) is 6.61 Å². The lowest BCUT2D eigenvalue weighted by atomic mass is 10.1. The molecule has 0 aliphatic rings. The van der Waals surface area contributed by atoms with Gasteiger partial charge in [-0.05, 0) is 42.0 Å². The minimum atomic E-state index is 0.291. The number of pyridine rings is 1. The summed E-state index contributed by atoms with van der Waals surface area (Å²) in [6.45, 7) is 0.579. The number of hydrogen-bond donors (Lipinski definition) is 1. The van der Waals surface area contributed by atoms with Crippen LogP contribution in [0.4, 0.5) is 0 Å². The molecule has 0 unspecified atom stereocenters. The number of aromatic hydroxyl groups is 1. The fraction of sp³-hybridized carbons (Fsp3) is 0.118. The Labute approximate surface area is 117 Å². The second kappa shape index (κ2) is 5.61. The highest BCUT2D eigenvalue weighted by Gasteiger charge is 1.99. The molecule has 2 aromatic carbocycles. The Balaban J connectivity index is 1.65. The van der Waals surface area contributed by atoms with Crippen LogP contribution in [0.2, 0.25) is 0 Å². The average Bonchev–Trinajstić information content (AvgIpc) is 2.47. The third-order valence-electron chi connectivity index (χ3n) is 3.14. The summed E-state index contributed by atoms with van der Waals surface area (Å²) < 4.78 is 5.75. The SMILES string of the molecule is Oc1cccc(CCOc2ccc3ncccc3c2)c1. The first-order valence-corrected chi connectivity index (χ1v) is 6.57. The van der Waals surface area contributed by atoms with E-state index in [0.717, 1.165) is 28.6 Å². The van der Waals surface area contributed by atoms with E-state index >= 15 is 0 Å². The molecule has 3 heteroatoms. The zero-order valence-electron chi connectivity index (χ0n) is 11.0. The Morgan fingerprint density at radius 2 is 1.95 bits per heavy atom. The normalized spacial score (nSPS) is 10.6. The minimum absolute atomic E-state index is 0.291. The Bertz CT molecular complexity index is 725. The first kappa shape index (κ1) is 12.5. The summed E-state index contributed by atoms with van der Waals surface area (Å²) >= 11 is 0. The molecule has 1 N–H and O–H groups in total. The molecule has 0 aliphatic carbocycles. The summed E-state index contributed by atoms with van der Waals surface area (Å²) in [6, 6.07) is 17.1. The van der Waals surface area contributed by atoms with Gasteiger partial charge in [-0.25, -0.2) is 0 Å². The average molecular weight is 265 g/mol. The first-order chi connectivity index (χ1) is 9.81. The lowest BCUT2D eigenvalue weighted by Crippen LogP contribution is -2.01. The molecule has 20 heavy (non-hydrogen) atoms. The predicted molar refractivity (Wildman–Crippen MR) is 79.0 cm³/mol. The third kappa shape index (κ3) is 2.88. The van der Waals surface area contributed by atoms with Crippen molar-refractivity contribution in [1.29, 1.82) is 0 Å². The molecule has 3 rings (SSSR count). The highest BCUT2D eigenvalue weighted by molar-refractivity contribution is 5.79. The van der Waals surface area contributed by atoms with Crippen molar-refractivity contribution in [1.82, 2.24) is 4.98 Å². The topological polar surface area (TPSA) is 42.4 Å². The monoisotopic (exact) mass is 265 g/mol. The van der Waals surface area contributed by atoms with Crippen LogP contribution in [-0.4, -0.2) is 16.7 Å². The van der Waals surface area contributed by atoms with E-state index in [2.05, 4.69) is 4.98 Å². The number of ether oxygens (including phenoxy) is 1. The summed E-state index contributed by atoms with van der Waals surface area (Å²) in [4.78, 5) is 4.28. The number of fused-ring (bicyclic) bond motifs is 1. The molecule has 0 amide bonds. The molecule has 0 bridgehead atoms.